The molecule has 0 spiro atoms. The standard InChI is InChI=1S/C19H20NP/c20-16-21(17-10-4-1-5-11-17,18-12-6-2-7-13-18)19-14-8-3-9-15-19/h1-15,21H,16,20H2. The summed E-state index contributed by atoms with van der Waals surface area (Å²) in [5.74, 6) is 0. The second-order valence-electron chi connectivity index (χ2n) is 5.21. The van der Waals surface area contributed by atoms with Crippen LogP contribution >= 0.6 is 7.26 Å². The van der Waals surface area contributed by atoms with Crippen molar-refractivity contribution in [1.82, 2.24) is 0 Å². The summed E-state index contributed by atoms with van der Waals surface area (Å²) in [7, 11) is -2.12. The molecule has 0 amide bonds. The Balaban J connectivity index is 2.29. The van der Waals surface area contributed by atoms with Gasteiger partial charge < -0.3 is 0 Å². The van der Waals surface area contributed by atoms with E-state index >= 15 is 0 Å². The van der Waals surface area contributed by atoms with E-state index in [0.717, 1.165) is 0 Å². The monoisotopic (exact) mass is 293 g/mol. The first-order chi connectivity index (χ1) is 10.4. The van der Waals surface area contributed by atoms with Crippen LogP contribution in [0.15, 0.2) is 91.0 Å². The molecule has 0 aliphatic heterocycles. The topological polar surface area (TPSA) is 26.0 Å². The Morgan fingerprint density at radius 3 is 1.05 bits per heavy atom. The quantitative estimate of drug-likeness (QED) is 0.735. The van der Waals surface area contributed by atoms with Gasteiger partial charge >= 0.3 is 126 Å². The summed E-state index contributed by atoms with van der Waals surface area (Å²) in [6.07, 6.45) is 0.672. The van der Waals surface area contributed by atoms with Crippen molar-refractivity contribution < 1.29 is 0 Å². The van der Waals surface area contributed by atoms with E-state index in [1.807, 2.05) is 0 Å². The van der Waals surface area contributed by atoms with Gasteiger partial charge in [-0.2, -0.15) is 0 Å². The van der Waals surface area contributed by atoms with E-state index in [4.69, 9.17) is 5.73 Å². The maximum atomic E-state index is 6.37. The molecule has 0 unspecified atom stereocenters. The molecule has 3 rings (SSSR count). The van der Waals surface area contributed by atoms with Crippen LogP contribution in [0, 0.1) is 0 Å². The number of nitrogens with two attached hydrogens (primary N) is 1. The van der Waals surface area contributed by atoms with Gasteiger partial charge in [-0.15, -0.1) is 0 Å². The molecule has 0 aromatic heterocycles. The van der Waals surface area contributed by atoms with Crippen molar-refractivity contribution in [2.75, 3.05) is 6.29 Å². The van der Waals surface area contributed by atoms with E-state index in [1.54, 1.807) is 0 Å². The van der Waals surface area contributed by atoms with Crippen LogP contribution in [0.4, 0.5) is 0 Å². The zero-order valence-electron chi connectivity index (χ0n) is 11.9. The van der Waals surface area contributed by atoms with Gasteiger partial charge in [0.1, 0.15) is 0 Å². The predicted octanol–water partition coefficient (Wildman–Crippen LogP) is 2.63. The molecule has 0 bridgehead atoms. The van der Waals surface area contributed by atoms with Crippen molar-refractivity contribution in [3.63, 3.8) is 0 Å². The summed E-state index contributed by atoms with van der Waals surface area (Å²) in [5, 5.41) is 4.10. The normalized spacial score (nSPS) is 12.0. The molecule has 0 saturated heterocycles. The van der Waals surface area contributed by atoms with Crippen molar-refractivity contribution in [2.24, 2.45) is 5.73 Å². The molecule has 21 heavy (non-hydrogen) atoms. The second-order valence-corrected chi connectivity index (χ2v) is 9.16. The van der Waals surface area contributed by atoms with Gasteiger partial charge in [-0.3, -0.25) is 0 Å². The Labute approximate surface area is 126 Å². The van der Waals surface area contributed by atoms with Crippen molar-refractivity contribution in [3.05, 3.63) is 91.0 Å². The van der Waals surface area contributed by atoms with Gasteiger partial charge in [-0.1, -0.05) is 0 Å². The van der Waals surface area contributed by atoms with Gasteiger partial charge in [0, 0.05) is 0 Å². The fourth-order valence-electron chi connectivity index (χ4n) is 3.02. The van der Waals surface area contributed by atoms with E-state index in [9.17, 15) is 0 Å². The fraction of sp³-hybridized carbons (Fsp3) is 0.0526. The number of rotatable bonds is 4. The van der Waals surface area contributed by atoms with Gasteiger partial charge in [0.25, 0.3) is 0 Å². The first kappa shape index (κ1) is 14.0. The summed E-state index contributed by atoms with van der Waals surface area (Å²) < 4.78 is 0. The summed E-state index contributed by atoms with van der Waals surface area (Å²) in [6.45, 7) is 0. The third kappa shape index (κ3) is 2.51. The number of benzene rings is 3. The van der Waals surface area contributed by atoms with Crippen molar-refractivity contribution in [3.8, 4) is 0 Å². The zero-order chi connectivity index (χ0) is 14.5. The predicted molar refractivity (Wildman–Crippen MR) is 95.6 cm³/mol. The molecule has 0 fully saturated rings. The molecule has 0 radical (unpaired) electrons. The average Bonchev–Trinajstić information content (AvgIpc) is 2.59. The van der Waals surface area contributed by atoms with Crippen LogP contribution in [-0.4, -0.2) is 6.29 Å². The van der Waals surface area contributed by atoms with Crippen molar-refractivity contribution in [1.29, 1.82) is 0 Å². The van der Waals surface area contributed by atoms with Gasteiger partial charge in [-0.05, 0) is 0 Å². The van der Waals surface area contributed by atoms with Gasteiger partial charge in [0.15, 0.2) is 0 Å². The van der Waals surface area contributed by atoms with Crippen LogP contribution in [0.5, 0.6) is 0 Å². The maximum absolute atomic E-state index is 6.37. The molecule has 0 aliphatic carbocycles. The minimum atomic E-state index is -2.12. The number of hydrogen-bond acceptors (Lipinski definition) is 1. The van der Waals surface area contributed by atoms with Gasteiger partial charge in [-0.25, -0.2) is 0 Å². The molecule has 2 N–H and O–H groups in total. The van der Waals surface area contributed by atoms with Crippen molar-refractivity contribution in [2.45, 2.75) is 0 Å². The van der Waals surface area contributed by atoms with E-state index in [-0.39, 0.29) is 0 Å². The van der Waals surface area contributed by atoms with Crippen LogP contribution in [0.2, 0.25) is 0 Å². The van der Waals surface area contributed by atoms with Crippen LogP contribution in [-0.2, 0) is 0 Å². The summed E-state index contributed by atoms with van der Waals surface area (Å²) in [5.41, 5.74) is 6.37. The van der Waals surface area contributed by atoms with E-state index in [0.29, 0.717) is 6.29 Å². The van der Waals surface area contributed by atoms with Crippen LogP contribution in [0.25, 0.3) is 0 Å². The molecule has 3 aromatic rings. The Hall–Kier alpha value is -1.95. The van der Waals surface area contributed by atoms with Crippen LogP contribution in [0.3, 0.4) is 0 Å². The molecule has 0 saturated carbocycles. The second kappa shape index (κ2) is 6.22. The summed E-state index contributed by atoms with van der Waals surface area (Å²) in [4.78, 5) is 0. The molecular weight excluding hydrogens is 273 g/mol. The molecule has 2 heteroatoms. The first-order valence-electron chi connectivity index (χ1n) is 7.24. The summed E-state index contributed by atoms with van der Waals surface area (Å²) >= 11 is 0. The first-order valence-corrected chi connectivity index (χ1v) is 9.45. The Bertz CT molecular complexity index is 584. The van der Waals surface area contributed by atoms with Crippen molar-refractivity contribution >= 4 is 23.2 Å². The molecular formula is C19H20NP. The van der Waals surface area contributed by atoms with E-state index in [1.165, 1.54) is 15.9 Å². The Morgan fingerprint density at radius 1 is 0.524 bits per heavy atom. The molecule has 0 atom stereocenters. The van der Waals surface area contributed by atoms with E-state index < -0.39 is 7.26 Å². The molecule has 106 valence electrons. The Morgan fingerprint density at radius 2 is 0.810 bits per heavy atom. The third-order valence-electron chi connectivity index (χ3n) is 4.11. The minimum absolute atomic E-state index is 0.672. The molecule has 0 heterocycles. The van der Waals surface area contributed by atoms with Crippen LogP contribution < -0.4 is 21.6 Å². The van der Waals surface area contributed by atoms with Gasteiger partial charge in [0.05, 0.1) is 0 Å². The zero-order valence-corrected chi connectivity index (χ0v) is 12.9. The average molecular weight is 293 g/mol. The molecule has 0 aliphatic rings. The van der Waals surface area contributed by atoms with E-state index in [2.05, 4.69) is 91.0 Å². The SMILES string of the molecule is NC[PH](c1ccccc1)(c1ccccc1)c1ccccc1. The number of hydrogen-bond donors (Lipinski definition) is 1. The molecule has 3 aromatic carbocycles. The van der Waals surface area contributed by atoms with Crippen LogP contribution in [0.1, 0.15) is 0 Å². The van der Waals surface area contributed by atoms with Gasteiger partial charge in [0.2, 0.25) is 0 Å². The fourth-order valence-corrected chi connectivity index (χ4v) is 7.01. The molecule has 1 nitrogen and oxygen atoms in total. The summed E-state index contributed by atoms with van der Waals surface area (Å²) in [6, 6.07) is 32.2. The third-order valence-corrected chi connectivity index (χ3v) is 8.68. The Kier molecular flexibility index (Phi) is 4.15.